The van der Waals surface area contributed by atoms with Gasteiger partial charge < -0.3 is 16.0 Å². The highest BCUT2D eigenvalue weighted by molar-refractivity contribution is 5.37. The summed E-state index contributed by atoms with van der Waals surface area (Å²) in [5, 5.41) is 3.30. The summed E-state index contributed by atoms with van der Waals surface area (Å²) in [7, 11) is 0. The fourth-order valence-corrected chi connectivity index (χ4v) is 2.22. The van der Waals surface area contributed by atoms with Crippen molar-refractivity contribution >= 4 is 11.8 Å². The molecule has 5 nitrogen and oxygen atoms in total. The quantitative estimate of drug-likeness (QED) is 0.802. The van der Waals surface area contributed by atoms with E-state index in [2.05, 4.69) is 27.1 Å². The lowest BCUT2D eigenvalue weighted by atomic mass is 10.1. The van der Waals surface area contributed by atoms with Crippen molar-refractivity contribution in [3.8, 4) is 0 Å². The highest BCUT2D eigenvalue weighted by atomic mass is 15.1. The second-order valence-electron chi connectivity index (χ2n) is 4.79. The van der Waals surface area contributed by atoms with E-state index in [1.54, 1.807) is 6.20 Å². The number of hydrogen-bond donors (Lipinski definition) is 2. The maximum Gasteiger partial charge on any atom is 0.221 e. The third kappa shape index (κ3) is 3.85. The molecule has 0 amide bonds. The van der Waals surface area contributed by atoms with Crippen LogP contribution in [0.3, 0.4) is 0 Å². The average molecular weight is 235 g/mol. The van der Waals surface area contributed by atoms with Gasteiger partial charge in [-0.3, -0.25) is 0 Å². The molecule has 1 aromatic rings. The van der Waals surface area contributed by atoms with Gasteiger partial charge in [-0.15, -0.1) is 0 Å². The van der Waals surface area contributed by atoms with Gasteiger partial charge >= 0.3 is 0 Å². The van der Waals surface area contributed by atoms with Gasteiger partial charge in [-0.25, -0.2) is 4.98 Å². The number of aromatic nitrogens is 2. The van der Waals surface area contributed by atoms with Gasteiger partial charge in [0.15, 0.2) is 0 Å². The molecule has 2 heterocycles. The normalized spacial score (nSPS) is 18.2. The van der Waals surface area contributed by atoms with Crippen LogP contribution in [0.4, 0.5) is 11.8 Å². The first-order chi connectivity index (χ1) is 8.24. The topological polar surface area (TPSA) is 67.1 Å². The fourth-order valence-electron chi connectivity index (χ4n) is 2.22. The minimum atomic E-state index is 0.321. The van der Waals surface area contributed by atoms with Gasteiger partial charge in [0.25, 0.3) is 0 Å². The number of nitrogens with one attached hydrogen (secondary N) is 1. The van der Waals surface area contributed by atoms with Crippen LogP contribution in [-0.4, -0.2) is 41.0 Å². The largest absolute Gasteiger partial charge is 0.370 e. The van der Waals surface area contributed by atoms with Crippen LogP contribution in [0, 0.1) is 5.92 Å². The molecule has 1 aliphatic rings. The van der Waals surface area contributed by atoms with E-state index in [-0.39, 0.29) is 0 Å². The molecule has 0 spiro atoms. The number of rotatable bonds is 5. The first-order valence-corrected chi connectivity index (χ1v) is 6.29. The van der Waals surface area contributed by atoms with Gasteiger partial charge in [-0.1, -0.05) is 6.92 Å². The van der Waals surface area contributed by atoms with Gasteiger partial charge in [0.05, 0.1) is 0 Å². The highest BCUT2D eigenvalue weighted by Gasteiger charge is 2.14. The molecule has 1 saturated heterocycles. The number of nitrogen functional groups attached to an aromatic ring is 1. The zero-order valence-corrected chi connectivity index (χ0v) is 10.4. The van der Waals surface area contributed by atoms with Gasteiger partial charge in [0.2, 0.25) is 5.95 Å². The summed E-state index contributed by atoms with van der Waals surface area (Å²) in [5.41, 5.74) is 5.53. The van der Waals surface area contributed by atoms with Crippen molar-refractivity contribution in [1.29, 1.82) is 0 Å². The minimum absolute atomic E-state index is 0.321. The zero-order chi connectivity index (χ0) is 12.1. The van der Waals surface area contributed by atoms with Crippen LogP contribution >= 0.6 is 0 Å². The number of nitrogens with two attached hydrogens (primary N) is 1. The van der Waals surface area contributed by atoms with Crippen molar-refractivity contribution in [2.75, 3.05) is 37.2 Å². The molecule has 1 unspecified atom stereocenters. The molecule has 3 N–H and O–H groups in total. The van der Waals surface area contributed by atoms with Gasteiger partial charge in [-0.05, 0) is 37.9 Å². The van der Waals surface area contributed by atoms with Crippen LogP contribution in [-0.2, 0) is 0 Å². The first-order valence-electron chi connectivity index (χ1n) is 6.29. The van der Waals surface area contributed by atoms with Crippen molar-refractivity contribution < 1.29 is 0 Å². The Morgan fingerprint density at radius 2 is 2.24 bits per heavy atom. The Kier molecular flexibility index (Phi) is 4.14. The van der Waals surface area contributed by atoms with E-state index in [4.69, 9.17) is 5.73 Å². The Labute approximate surface area is 102 Å². The van der Waals surface area contributed by atoms with Crippen molar-refractivity contribution in [3.05, 3.63) is 12.3 Å². The number of nitrogens with zero attached hydrogens (tertiary/aromatic N) is 3. The molecule has 94 valence electrons. The second-order valence-corrected chi connectivity index (χ2v) is 4.79. The molecule has 0 radical (unpaired) electrons. The van der Waals surface area contributed by atoms with Crippen molar-refractivity contribution in [2.45, 2.75) is 19.8 Å². The van der Waals surface area contributed by atoms with Crippen molar-refractivity contribution in [3.63, 3.8) is 0 Å². The maximum atomic E-state index is 5.53. The summed E-state index contributed by atoms with van der Waals surface area (Å²) in [5.74, 6) is 1.75. The Morgan fingerprint density at radius 1 is 1.47 bits per heavy atom. The SMILES string of the molecule is CC(CNc1ccnc(N)n1)CN1CCCC1. The third-order valence-corrected chi connectivity index (χ3v) is 3.07. The van der Waals surface area contributed by atoms with Gasteiger partial charge in [0.1, 0.15) is 5.82 Å². The van der Waals surface area contributed by atoms with Crippen molar-refractivity contribution in [1.82, 2.24) is 14.9 Å². The fraction of sp³-hybridized carbons (Fsp3) is 0.667. The molecular weight excluding hydrogens is 214 g/mol. The van der Waals surface area contributed by atoms with Gasteiger partial charge in [0, 0.05) is 19.3 Å². The smallest absolute Gasteiger partial charge is 0.221 e. The summed E-state index contributed by atoms with van der Waals surface area (Å²) >= 11 is 0. The maximum absolute atomic E-state index is 5.53. The Hall–Kier alpha value is -1.36. The molecule has 1 fully saturated rings. The summed E-state index contributed by atoms with van der Waals surface area (Å²) in [4.78, 5) is 10.5. The van der Waals surface area contributed by atoms with Crippen LogP contribution < -0.4 is 11.1 Å². The van der Waals surface area contributed by atoms with Crippen LogP contribution in [0.25, 0.3) is 0 Å². The number of hydrogen-bond acceptors (Lipinski definition) is 5. The Balaban J connectivity index is 1.73. The standard InChI is InChI=1S/C12H21N5/c1-10(9-17-6-2-3-7-17)8-15-11-4-5-14-12(13)16-11/h4-5,10H,2-3,6-9H2,1H3,(H3,13,14,15,16). The van der Waals surface area contributed by atoms with Crippen LogP contribution in [0.2, 0.25) is 0 Å². The molecule has 1 atom stereocenters. The summed E-state index contributed by atoms with van der Waals surface area (Å²) in [6, 6.07) is 1.85. The van der Waals surface area contributed by atoms with E-state index in [1.807, 2.05) is 6.07 Å². The first kappa shape index (κ1) is 12.1. The lowest BCUT2D eigenvalue weighted by molar-refractivity contribution is 0.294. The molecule has 1 aromatic heterocycles. The highest BCUT2D eigenvalue weighted by Crippen LogP contribution is 2.11. The molecule has 1 aliphatic heterocycles. The molecule has 0 saturated carbocycles. The average Bonchev–Trinajstić information content (AvgIpc) is 2.79. The number of anilines is 2. The lowest BCUT2D eigenvalue weighted by Gasteiger charge is -2.20. The van der Waals surface area contributed by atoms with E-state index in [9.17, 15) is 0 Å². The summed E-state index contributed by atoms with van der Waals surface area (Å²) < 4.78 is 0. The molecule has 17 heavy (non-hydrogen) atoms. The monoisotopic (exact) mass is 235 g/mol. The molecule has 0 aliphatic carbocycles. The molecular formula is C12H21N5. The van der Waals surface area contributed by atoms with Crippen molar-refractivity contribution in [2.24, 2.45) is 5.92 Å². The molecule has 5 heteroatoms. The molecule has 2 rings (SSSR count). The van der Waals surface area contributed by atoms with E-state index in [1.165, 1.54) is 25.9 Å². The number of likely N-dealkylation sites (tertiary alicyclic amines) is 1. The third-order valence-electron chi connectivity index (χ3n) is 3.07. The molecule has 0 aromatic carbocycles. The zero-order valence-electron chi connectivity index (χ0n) is 10.4. The van der Waals surface area contributed by atoms with Gasteiger partial charge in [-0.2, -0.15) is 4.98 Å². The van der Waals surface area contributed by atoms with E-state index < -0.39 is 0 Å². The summed E-state index contributed by atoms with van der Waals surface area (Å²) in [6.07, 6.45) is 4.38. The predicted octanol–water partition coefficient (Wildman–Crippen LogP) is 1.20. The van der Waals surface area contributed by atoms with Crippen LogP contribution in [0.1, 0.15) is 19.8 Å². The van der Waals surface area contributed by atoms with E-state index in [0.29, 0.717) is 11.9 Å². The Morgan fingerprint density at radius 3 is 2.94 bits per heavy atom. The van der Waals surface area contributed by atoms with Crippen LogP contribution in [0.15, 0.2) is 12.3 Å². The van der Waals surface area contributed by atoms with Crippen LogP contribution in [0.5, 0.6) is 0 Å². The van der Waals surface area contributed by atoms with E-state index >= 15 is 0 Å². The minimum Gasteiger partial charge on any atom is -0.370 e. The molecule has 0 bridgehead atoms. The van der Waals surface area contributed by atoms with E-state index in [0.717, 1.165) is 18.9 Å². The predicted molar refractivity (Wildman–Crippen MR) is 69.8 cm³/mol. The second kappa shape index (κ2) is 5.82. The lowest BCUT2D eigenvalue weighted by Crippen LogP contribution is -2.29. The Bertz CT molecular complexity index is 349. The summed E-state index contributed by atoms with van der Waals surface area (Å²) in [6.45, 7) is 6.85.